The van der Waals surface area contributed by atoms with Gasteiger partial charge in [0.2, 0.25) is 0 Å². The second-order valence-electron chi connectivity index (χ2n) is 4.86. The van der Waals surface area contributed by atoms with Gasteiger partial charge < -0.3 is 14.6 Å². The second kappa shape index (κ2) is 14.9. The molecule has 0 spiro atoms. The zero-order chi connectivity index (χ0) is 14.4. The molecule has 3 heteroatoms. The molecule has 0 saturated heterocycles. The van der Waals surface area contributed by atoms with E-state index in [0.717, 1.165) is 38.7 Å². The molecule has 18 heavy (non-hydrogen) atoms. The third-order valence-corrected chi connectivity index (χ3v) is 3.02. The topological polar surface area (TPSA) is 38.7 Å². The molecule has 0 heterocycles. The number of unbranched alkanes of at least 4 members (excludes halogenated alkanes) is 6. The van der Waals surface area contributed by atoms with Gasteiger partial charge in [-0.25, -0.2) is 0 Å². The van der Waals surface area contributed by atoms with Crippen LogP contribution in [0, 0.1) is 0 Å². The highest BCUT2D eigenvalue weighted by molar-refractivity contribution is 4.56. The third kappa shape index (κ3) is 13.9. The summed E-state index contributed by atoms with van der Waals surface area (Å²) in [5, 5.41) is 9.81. The van der Waals surface area contributed by atoms with E-state index in [2.05, 4.69) is 6.92 Å². The van der Waals surface area contributed by atoms with Crippen LogP contribution in [0.25, 0.3) is 0 Å². The first kappa shape index (κ1) is 15.9. The van der Waals surface area contributed by atoms with Crippen molar-refractivity contribution >= 4 is 0 Å². The molecule has 0 saturated carbocycles. The first-order valence-electron chi connectivity index (χ1n) is 7.91. The van der Waals surface area contributed by atoms with Gasteiger partial charge in [-0.05, 0) is 19.3 Å². The van der Waals surface area contributed by atoms with Crippen molar-refractivity contribution in [2.45, 2.75) is 77.2 Å². The van der Waals surface area contributed by atoms with Crippen LogP contribution in [0.1, 0.15) is 72.5 Å². The van der Waals surface area contributed by atoms with Crippen LogP contribution in [0.4, 0.5) is 0 Å². The highest BCUT2D eigenvalue weighted by atomic mass is 16.7. The molecule has 0 aromatic rings. The summed E-state index contributed by atoms with van der Waals surface area (Å²) in [6.45, 7) is 3.25. The van der Waals surface area contributed by atoms with Gasteiger partial charge in [0.25, 0.3) is 0 Å². The number of methoxy groups -OCH3 is 1. The van der Waals surface area contributed by atoms with E-state index in [9.17, 15) is 5.11 Å². The largest absolute Gasteiger partial charge is 0.393 e. The van der Waals surface area contributed by atoms with E-state index in [0.29, 0.717) is 19.6 Å². The van der Waals surface area contributed by atoms with Crippen molar-refractivity contribution in [2.75, 3.05) is 20.5 Å². The lowest BCUT2D eigenvalue weighted by molar-refractivity contribution is -0.0315. The number of hydrogen-bond donors (Lipinski definition) is 1. The van der Waals surface area contributed by atoms with E-state index in [4.69, 9.17) is 10.8 Å². The zero-order valence-corrected chi connectivity index (χ0v) is 12.2. The normalized spacial score (nSPS) is 15.4. The molecule has 0 aliphatic rings. The average Bonchev–Trinajstić information content (AvgIpc) is 2.38. The maximum absolute atomic E-state index is 9.81. The maximum Gasteiger partial charge on any atom is 0.146 e. The first-order chi connectivity index (χ1) is 9.12. The Morgan fingerprint density at radius 1 is 1.00 bits per heavy atom. The molecular weight excluding hydrogens is 228 g/mol. The molecule has 0 aromatic carbocycles. The van der Waals surface area contributed by atoms with Crippen LogP contribution >= 0.6 is 0 Å². The minimum Gasteiger partial charge on any atom is -0.393 e. The molecule has 1 unspecified atom stereocenters. The van der Waals surface area contributed by atoms with Gasteiger partial charge >= 0.3 is 0 Å². The van der Waals surface area contributed by atoms with Crippen LogP contribution in [0.5, 0.6) is 0 Å². The van der Waals surface area contributed by atoms with Crippen LogP contribution in [-0.4, -0.2) is 31.7 Å². The molecule has 0 aromatic heterocycles. The average molecular weight is 261 g/mol. The number of ether oxygens (including phenoxy) is 2. The molecule has 1 atom stereocenters. The quantitative estimate of drug-likeness (QED) is 0.381. The summed E-state index contributed by atoms with van der Waals surface area (Å²) in [6, 6.07) is 0. The standard InChI is InChI=1S/C15H32O3/c1-3-4-11-15(16)12-9-7-5-6-8-10-13-18-14-17-2/h15-16H,3-14H2,1-2H3/i15D. The molecule has 0 fully saturated rings. The summed E-state index contributed by atoms with van der Waals surface area (Å²) in [5.41, 5.74) is 0. The fourth-order valence-corrected chi connectivity index (χ4v) is 1.89. The molecule has 0 aliphatic heterocycles. The van der Waals surface area contributed by atoms with E-state index in [1.54, 1.807) is 7.11 Å². The van der Waals surface area contributed by atoms with E-state index in [1.165, 1.54) is 19.3 Å². The zero-order valence-electron chi connectivity index (χ0n) is 13.2. The fraction of sp³-hybridized carbons (Fsp3) is 1.00. The molecular formula is C15H32O3. The van der Waals surface area contributed by atoms with Crippen molar-refractivity contribution in [1.29, 1.82) is 0 Å². The van der Waals surface area contributed by atoms with Crippen LogP contribution in [0.2, 0.25) is 0 Å². The smallest absolute Gasteiger partial charge is 0.146 e. The Balaban J connectivity index is 3.21. The highest BCUT2D eigenvalue weighted by Crippen LogP contribution is 2.11. The molecule has 1 N–H and O–H groups in total. The molecule has 0 amide bonds. The van der Waals surface area contributed by atoms with Gasteiger partial charge in [-0.3, -0.25) is 0 Å². The summed E-state index contributed by atoms with van der Waals surface area (Å²) >= 11 is 0. The van der Waals surface area contributed by atoms with Gasteiger partial charge in [0.15, 0.2) is 0 Å². The van der Waals surface area contributed by atoms with E-state index in [-0.39, 0.29) is 0 Å². The molecule has 0 radical (unpaired) electrons. The van der Waals surface area contributed by atoms with Gasteiger partial charge in [-0.15, -0.1) is 0 Å². The van der Waals surface area contributed by atoms with Crippen LogP contribution in [0.3, 0.4) is 0 Å². The van der Waals surface area contributed by atoms with Crippen LogP contribution in [0.15, 0.2) is 0 Å². The van der Waals surface area contributed by atoms with Crippen molar-refractivity contribution < 1.29 is 16.0 Å². The van der Waals surface area contributed by atoms with E-state index >= 15 is 0 Å². The monoisotopic (exact) mass is 261 g/mol. The Bertz CT molecular complexity index is 186. The number of rotatable bonds is 14. The lowest BCUT2D eigenvalue weighted by Crippen LogP contribution is -2.05. The lowest BCUT2D eigenvalue weighted by Gasteiger charge is -2.09. The summed E-state index contributed by atoms with van der Waals surface area (Å²) < 4.78 is 17.8. The number of hydrogen-bond acceptors (Lipinski definition) is 3. The van der Waals surface area contributed by atoms with Gasteiger partial charge in [0.05, 0.1) is 7.45 Å². The predicted octanol–water partition coefficient (Wildman–Crippen LogP) is 3.89. The fourth-order valence-electron chi connectivity index (χ4n) is 1.89. The van der Waals surface area contributed by atoms with Gasteiger partial charge in [0, 0.05) is 13.7 Å². The second-order valence-corrected chi connectivity index (χ2v) is 4.86. The van der Waals surface area contributed by atoms with Crippen molar-refractivity contribution in [2.24, 2.45) is 0 Å². The highest BCUT2D eigenvalue weighted by Gasteiger charge is 2.02. The molecule has 0 rings (SSSR count). The van der Waals surface area contributed by atoms with Gasteiger partial charge in [-0.2, -0.15) is 0 Å². The first-order valence-corrected chi connectivity index (χ1v) is 7.41. The minimum atomic E-state index is -1.19. The Morgan fingerprint density at radius 2 is 1.61 bits per heavy atom. The maximum atomic E-state index is 9.81. The summed E-state index contributed by atoms with van der Waals surface area (Å²) in [6.07, 6.45) is 8.78. The van der Waals surface area contributed by atoms with Crippen molar-refractivity contribution in [1.82, 2.24) is 0 Å². The summed E-state index contributed by atoms with van der Waals surface area (Å²) in [5.74, 6) is 0. The van der Waals surface area contributed by atoms with E-state index in [1.807, 2.05) is 0 Å². The Morgan fingerprint density at radius 3 is 2.28 bits per heavy atom. The molecule has 110 valence electrons. The molecule has 0 aliphatic carbocycles. The Kier molecular flexibility index (Phi) is 13.2. The van der Waals surface area contributed by atoms with Crippen LogP contribution in [-0.2, 0) is 9.47 Å². The molecule has 3 nitrogen and oxygen atoms in total. The van der Waals surface area contributed by atoms with E-state index < -0.39 is 6.08 Å². The van der Waals surface area contributed by atoms with Gasteiger partial charge in [-0.1, -0.05) is 51.9 Å². The van der Waals surface area contributed by atoms with Crippen LogP contribution < -0.4 is 0 Å². The number of aliphatic hydroxyl groups is 1. The van der Waals surface area contributed by atoms with Crippen molar-refractivity contribution in [3.63, 3.8) is 0 Å². The summed E-state index contributed by atoms with van der Waals surface area (Å²) in [7, 11) is 1.63. The molecule has 0 bridgehead atoms. The summed E-state index contributed by atoms with van der Waals surface area (Å²) in [4.78, 5) is 0. The SMILES string of the molecule is [2H]C(O)(CCCC)CCCCCCCCOCOC. The Labute approximate surface area is 114 Å². The van der Waals surface area contributed by atoms with Gasteiger partial charge in [0.1, 0.15) is 6.79 Å². The minimum absolute atomic E-state index is 0.389. The lowest BCUT2D eigenvalue weighted by atomic mass is 10.0. The van der Waals surface area contributed by atoms with Crippen molar-refractivity contribution in [3.05, 3.63) is 0 Å². The predicted molar refractivity (Wildman–Crippen MR) is 75.7 cm³/mol. The Hall–Kier alpha value is -0.120. The third-order valence-electron chi connectivity index (χ3n) is 3.02. The van der Waals surface area contributed by atoms with Crippen molar-refractivity contribution in [3.8, 4) is 0 Å².